The van der Waals surface area contributed by atoms with Crippen molar-refractivity contribution < 1.29 is 17.1 Å². The van der Waals surface area contributed by atoms with E-state index in [2.05, 4.69) is 84.9 Å². The van der Waals surface area contributed by atoms with Gasteiger partial charge in [0.1, 0.15) is 16.8 Å². The number of aromatic nitrogens is 4. The van der Waals surface area contributed by atoms with Crippen LogP contribution in [0.25, 0.3) is 0 Å². The van der Waals surface area contributed by atoms with Crippen LogP contribution >= 0.6 is 18.5 Å². The Hall–Kier alpha value is -1.54. The standard InChI is InChI=1S/C22H31N4P2Si.C5H5.Fe/c1-21(2,3)18-16(29(4,5)6)13-15(14-27)17(18)22(28,19-23-9-7-10-24-19)20-25-11-8-12-26-20;1-2-4-5-3-1;/h7-13H,14,27-28H2,1-6H3;1-5H;/q-1;-5;. The number of rotatable bonds is 5. The van der Waals surface area contributed by atoms with E-state index in [-0.39, 0.29) is 22.5 Å². The minimum Gasteiger partial charge on any atom is -0.748 e. The summed E-state index contributed by atoms with van der Waals surface area (Å²) in [5.41, 5.74) is 3.89. The predicted octanol–water partition coefficient (Wildman–Crippen LogP) is 5.77. The quantitative estimate of drug-likeness (QED) is 0.176. The number of hydrogen-bond acceptors (Lipinski definition) is 4. The molecule has 4 nitrogen and oxygen atoms in total. The molecule has 0 aliphatic rings. The molecule has 0 saturated heterocycles. The molecule has 0 N–H and O–H groups in total. The van der Waals surface area contributed by atoms with Crippen molar-refractivity contribution in [2.75, 3.05) is 0 Å². The van der Waals surface area contributed by atoms with Crippen molar-refractivity contribution in [3.63, 3.8) is 0 Å². The van der Waals surface area contributed by atoms with Gasteiger partial charge in [-0.25, -0.2) is 26.0 Å². The molecule has 8 heteroatoms. The third-order valence-corrected chi connectivity index (χ3v) is 8.98. The number of hydrogen-bond donors (Lipinski definition) is 0. The second-order valence-electron chi connectivity index (χ2n) is 10.5. The summed E-state index contributed by atoms with van der Waals surface area (Å²) in [6.45, 7) is 14.1. The van der Waals surface area contributed by atoms with E-state index >= 15 is 0 Å². The summed E-state index contributed by atoms with van der Waals surface area (Å²) in [5.74, 6) is 1.41. The van der Waals surface area contributed by atoms with Crippen LogP contribution in [0.15, 0.2) is 73.3 Å². The van der Waals surface area contributed by atoms with E-state index in [1.807, 2.05) is 42.5 Å². The summed E-state index contributed by atoms with van der Waals surface area (Å²) in [7, 11) is 4.33. The van der Waals surface area contributed by atoms with Crippen LogP contribution in [0, 0.1) is 0 Å². The maximum Gasteiger partial charge on any atom is 0.148 e. The van der Waals surface area contributed by atoms with E-state index in [0.29, 0.717) is 11.6 Å². The van der Waals surface area contributed by atoms with Crippen LogP contribution < -0.4 is 5.19 Å². The van der Waals surface area contributed by atoms with Gasteiger partial charge in [0.15, 0.2) is 0 Å². The first-order valence-electron chi connectivity index (χ1n) is 11.6. The molecule has 0 radical (unpaired) electrons. The molecule has 35 heavy (non-hydrogen) atoms. The maximum atomic E-state index is 4.67. The minimum atomic E-state index is -1.60. The van der Waals surface area contributed by atoms with Crippen molar-refractivity contribution >= 4 is 31.7 Å². The zero-order chi connectivity index (χ0) is 25.0. The largest absolute Gasteiger partial charge is 0.748 e. The maximum absolute atomic E-state index is 4.67. The van der Waals surface area contributed by atoms with Crippen LogP contribution in [0.4, 0.5) is 0 Å². The van der Waals surface area contributed by atoms with Gasteiger partial charge in [0.2, 0.25) is 0 Å². The van der Waals surface area contributed by atoms with Crippen LogP contribution in [0.3, 0.4) is 0 Å². The van der Waals surface area contributed by atoms with Gasteiger partial charge in [-0.2, -0.15) is 10.8 Å². The van der Waals surface area contributed by atoms with Gasteiger partial charge in [-0.15, -0.1) is 29.6 Å². The third kappa shape index (κ3) is 6.62. The monoisotopic (exact) mass is 562 g/mol. The van der Waals surface area contributed by atoms with Gasteiger partial charge >= 0.3 is 0 Å². The van der Waals surface area contributed by atoms with E-state index in [1.54, 1.807) is 24.8 Å². The van der Waals surface area contributed by atoms with Crippen LogP contribution in [-0.2, 0) is 33.8 Å². The number of nitrogens with zero attached hydrogens (tertiary/aromatic N) is 4. The molecule has 0 bridgehead atoms. The normalized spacial score (nSPS) is 11.9. The first-order chi connectivity index (χ1) is 16.0. The van der Waals surface area contributed by atoms with Gasteiger partial charge in [0, 0.05) is 41.9 Å². The molecular formula is C27H36FeN4P2Si-6. The zero-order valence-corrected chi connectivity index (χ0v) is 25.8. The fourth-order valence-corrected chi connectivity index (χ4v) is 7.05. The van der Waals surface area contributed by atoms with Crippen LogP contribution in [-0.4, -0.2) is 28.0 Å². The molecule has 2 unspecified atom stereocenters. The van der Waals surface area contributed by atoms with Crippen LogP contribution in [0.5, 0.6) is 0 Å². The molecule has 2 aromatic carbocycles. The van der Waals surface area contributed by atoms with E-state index in [4.69, 9.17) is 0 Å². The fourth-order valence-electron chi connectivity index (χ4n) is 4.25. The summed E-state index contributed by atoms with van der Waals surface area (Å²) in [6.07, 6.45) is 8.04. The summed E-state index contributed by atoms with van der Waals surface area (Å²) >= 11 is 0. The minimum absolute atomic E-state index is 0. The Kier molecular flexibility index (Phi) is 10.3. The Labute approximate surface area is 226 Å². The van der Waals surface area contributed by atoms with Crippen molar-refractivity contribution in [3.05, 3.63) is 102 Å². The van der Waals surface area contributed by atoms with Crippen molar-refractivity contribution in [2.45, 2.75) is 57.1 Å². The van der Waals surface area contributed by atoms with E-state index < -0.39 is 13.2 Å². The van der Waals surface area contributed by atoms with E-state index in [9.17, 15) is 0 Å². The Morgan fingerprint density at radius 1 is 0.829 bits per heavy atom. The topological polar surface area (TPSA) is 51.6 Å². The van der Waals surface area contributed by atoms with Crippen LogP contribution in [0.1, 0.15) is 49.1 Å². The fraction of sp³-hybridized carbons (Fsp3) is 0.333. The predicted molar refractivity (Wildman–Crippen MR) is 153 cm³/mol. The molecule has 0 amide bonds. The van der Waals surface area contributed by atoms with Crippen molar-refractivity contribution in [2.24, 2.45) is 0 Å². The summed E-state index contributed by atoms with van der Waals surface area (Å²) in [5, 5.41) is 0.783. The smallest absolute Gasteiger partial charge is 0.148 e. The summed E-state index contributed by atoms with van der Waals surface area (Å²) in [6, 6.07) is 16.1. The van der Waals surface area contributed by atoms with Gasteiger partial charge in [-0.3, -0.25) is 0 Å². The first kappa shape index (κ1) is 29.7. The summed E-state index contributed by atoms with van der Waals surface area (Å²) in [4.78, 5) is 18.7. The molecule has 0 saturated carbocycles. The SMILES string of the molecule is CC(C)(C)[c-]1c([Si](C)(C)C)cc(CP)c1C(P)(c1ncccn1)c1ncccn1.[Fe].[cH-]1[cH-][cH-][cH-][cH-]1. The molecule has 0 spiro atoms. The van der Waals surface area contributed by atoms with Gasteiger partial charge in [0.25, 0.3) is 0 Å². The van der Waals surface area contributed by atoms with Gasteiger partial charge < -0.3 is 30.3 Å². The van der Waals surface area contributed by atoms with E-state index in [0.717, 1.165) is 6.16 Å². The molecule has 4 rings (SSSR count). The molecule has 4 aromatic rings. The Bertz CT molecular complexity index is 1110. The first-order valence-corrected chi connectivity index (χ1v) is 16.4. The molecule has 2 heterocycles. The molecule has 192 valence electrons. The molecule has 0 aliphatic heterocycles. The van der Waals surface area contributed by atoms with Crippen molar-refractivity contribution in [1.82, 2.24) is 19.9 Å². The Morgan fingerprint density at radius 3 is 1.54 bits per heavy atom. The molecular weight excluding hydrogens is 526 g/mol. The van der Waals surface area contributed by atoms with Crippen molar-refractivity contribution in [1.29, 1.82) is 0 Å². The molecule has 2 atom stereocenters. The molecule has 0 fully saturated rings. The average Bonchev–Trinajstić information content (AvgIpc) is 3.51. The van der Waals surface area contributed by atoms with E-state index in [1.165, 1.54) is 21.9 Å². The second-order valence-corrected chi connectivity index (χ2v) is 16.8. The Balaban J connectivity index is 0.000000640. The average molecular weight is 562 g/mol. The molecule has 2 aromatic heterocycles. The van der Waals surface area contributed by atoms with Gasteiger partial charge in [-0.05, 0) is 12.1 Å². The summed E-state index contributed by atoms with van der Waals surface area (Å²) < 4.78 is 0. The zero-order valence-electron chi connectivity index (χ0n) is 21.4. The van der Waals surface area contributed by atoms with Gasteiger partial charge in [-0.1, -0.05) is 52.0 Å². The third-order valence-electron chi connectivity index (χ3n) is 5.72. The second kappa shape index (κ2) is 12.1. The van der Waals surface area contributed by atoms with Crippen molar-refractivity contribution in [3.8, 4) is 0 Å². The van der Waals surface area contributed by atoms with Gasteiger partial charge in [0.05, 0.1) is 8.07 Å². The Morgan fingerprint density at radius 2 is 1.23 bits per heavy atom. The molecule has 0 aliphatic carbocycles. The van der Waals surface area contributed by atoms with Crippen LogP contribution in [0.2, 0.25) is 19.6 Å².